The van der Waals surface area contributed by atoms with Crippen molar-refractivity contribution in [2.75, 3.05) is 0 Å². The molecule has 0 radical (unpaired) electrons. The van der Waals surface area contributed by atoms with Crippen LogP contribution in [0, 0.1) is 0 Å². The van der Waals surface area contributed by atoms with E-state index in [0.29, 0.717) is 12.2 Å². The van der Waals surface area contributed by atoms with Crippen molar-refractivity contribution >= 4 is 10.1 Å². The Balaban J connectivity index is 1.84. The summed E-state index contributed by atoms with van der Waals surface area (Å²) >= 11 is 0. The molecule has 0 spiro atoms. The number of phenolic OH excluding ortho intramolecular Hbond substituents is 1. The maximum atomic E-state index is 12.1. The number of para-hydroxylation sites is 1. The van der Waals surface area contributed by atoms with Crippen LogP contribution in [0.1, 0.15) is 89.5 Å². The summed E-state index contributed by atoms with van der Waals surface area (Å²) in [5.74, 6) is 0.339. The minimum absolute atomic E-state index is 0.0189. The fourth-order valence-corrected chi connectivity index (χ4v) is 4.84. The van der Waals surface area contributed by atoms with Crippen LogP contribution in [-0.4, -0.2) is 18.1 Å². The van der Waals surface area contributed by atoms with Crippen molar-refractivity contribution in [2.24, 2.45) is 0 Å². The van der Waals surface area contributed by atoms with Crippen LogP contribution in [0.3, 0.4) is 0 Å². The molecular formula is C26H38O5S. The van der Waals surface area contributed by atoms with Crippen LogP contribution in [-0.2, 0) is 16.5 Å². The van der Waals surface area contributed by atoms with Crippen molar-refractivity contribution in [3.63, 3.8) is 0 Å². The summed E-state index contributed by atoms with van der Waals surface area (Å²) in [6, 6.07) is 11.6. The number of rotatable bonds is 16. The monoisotopic (exact) mass is 462 g/mol. The van der Waals surface area contributed by atoms with Crippen molar-refractivity contribution in [1.29, 1.82) is 0 Å². The molecule has 0 aliphatic heterocycles. The highest BCUT2D eigenvalue weighted by molar-refractivity contribution is 7.86. The second kappa shape index (κ2) is 14.2. The lowest BCUT2D eigenvalue weighted by molar-refractivity contribution is 0.430. The Kier molecular flexibility index (Phi) is 11.6. The van der Waals surface area contributed by atoms with Gasteiger partial charge in [0.25, 0.3) is 10.1 Å². The van der Waals surface area contributed by atoms with Crippen LogP contribution in [0.15, 0.2) is 47.4 Å². The topological polar surface area (TPSA) is 83.8 Å². The molecule has 6 heteroatoms. The first-order valence-corrected chi connectivity index (χ1v) is 13.4. The highest BCUT2D eigenvalue weighted by atomic mass is 32.2. The van der Waals surface area contributed by atoms with E-state index >= 15 is 0 Å². The first kappa shape index (κ1) is 26.2. The average Bonchev–Trinajstić information content (AvgIpc) is 2.76. The normalized spacial score (nSPS) is 11.6. The Bertz CT molecular complexity index is 894. The average molecular weight is 463 g/mol. The zero-order chi connectivity index (χ0) is 23.2. The number of hydrogen-bond acceptors (Lipinski definition) is 4. The van der Waals surface area contributed by atoms with Gasteiger partial charge in [-0.3, -0.25) is 4.55 Å². The zero-order valence-corrected chi connectivity index (χ0v) is 20.1. The van der Waals surface area contributed by atoms with Crippen molar-refractivity contribution in [3.8, 4) is 17.2 Å². The van der Waals surface area contributed by atoms with E-state index in [9.17, 15) is 18.1 Å². The Labute approximate surface area is 193 Å². The van der Waals surface area contributed by atoms with Gasteiger partial charge in [-0.2, -0.15) is 8.42 Å². The molecule has 0 aliphatic carbocycles. The molecule has 2 aromatic carbocycles. The minimum Gasteiger partial charge on any atom is -0.508 e. The van der Waals surface area contributed by atoms with Crippen LogP contribution in [0.25, 0.3) is 0 Å². The first-order chi connectivity index (χ1) is 15.4. The summed E-state index contributed by atoms with van der Waals surface area (Å²) in [4.78, 5) is -0.343. The highest BCUT2D eigenvalue weighted by Crippen LogP contribution is 2.37. The molecule has 0 unspecified atom stereocenters. The van der Waals surface area contributed by atoms with Gasteiger partial charge in [0.1, 0.15) is 22.1 Å². The molecule has 0 aliphatic rings. The van der Waals surface area contributed by atoms with Gasteiger partial charge in [0.15, 0.2) is 0 Å². The summed E-state index contributed by atoms with van der Waals surface area (Å²) in [6.07, 6.45) is 14.8. The van der Waals surface area contributed by atoms with Gasteiger partial charge in [-0.15, -0.1) is 0 Å². The summed E-state index contributed by atoms with van der Waals surface area (Å²) in [6.45, 7) is 2.24. The van der Waals surface area contributed by atoms with Gasteiger partial charge in [0, 0.05) is 5.56 Å². The third kappa shape index (κ3) is 9.21. The summed E-state index contributed by atoms with van der Waals surface area (Å²) in [5.41, 5.74) is 0.216. The van der Waals surface area contributed by atoms with Crippen LogP contribution in [0.2, 0.25) is 0 Å². The number of unbranched alkanes of at least 4 members (excludes halogenated alkanes) is 11. The summed E-state index contributed by atoms with van der Waals surface area (Å²) < 4.78 is 39.7. The fourth-order valence-electron chi connectivity index (χ4n) is 3.96. The molecule has 0 amide bonds. The van der Waals surface area contributed by atoms with Gasteiger partial charge in [-0.25, -0.2) is 0 Å². The SMILES string of the molecule is CCCCCCCCCCCCCCc1c(O)ccc(Oc2ccccc2)c1S(=O)(=O)O. The van der Waals surface area contributed by atoms with E-state index in [0.717, 1.165) is 19.3 Å². The maximum absolute atomic E-state index is 12.1. The van der Waals surface area contributed by atoms with E-state index in [4.69, 9.17) is 4.74 Å². The Morgan fingerprint density at radius 2 is 1.28 bits per heavy atom. The quantitative estimate of drug-likeness (QED) is 0.197. The van der Waals surface area contributed by atoms with E-state index in [2.05, 4.69) is 6.92 Å². The van der Waals surface area contributed by atoms with Crippen LogP contribution in [0.4, 0.5) is 0 Å². The molecule has 0 saturated carbocycles. The Hall–Kier alpha value is -2.05. The molecule has 178 valence electrons. The number of aromatic hydroxyl groups is 1. The molecule has 32 heavy (non-hydrogen) atoms. The van der Waals surface area contributed by atoms with E-state index in [-0.39, 0.29) is 22.0 Å². The van der Waals surface area contributed by atoms with Gasteiger partial charge in [-0.1, -0.05) is 95.8 Å². The molecule has 2 aromatic rings. The predicted octanol–water partition coefficient (Wildman–Crippen LogP) is 7.67. The third-order valence-corrected chi connectivity index (χ3v) is 6.67. The van der Waals surface area contributed by atoms with Gasteiger partial charge < -0.3 is 9.84 Å². The van der Waals surface area contributed by atoms with Crippen molar-refractivity contribution < 1.29 is 22.8 Å². The molecule has 5 nitrogen and oxygen atoms in total. The Morgan fingerprint density at radius 1 is 0.750 bits per heavy atom. The van der Waals surface area contributed by atoms with Gasteiger partial charge in [0.2, 0.25) is 0 Å². The standard InChI is InChI=1S/C26H38O5S/c1-2-3-4-5-6-7-8-9-10-11-12-16-19-23-24(27)20-21-25(26(23)32(28,29)30)31-22-17-14-13-15-18-22/h13-15,17-18,20-21,27H,2-12,16,19H2,1H3,(H,28,29,30). The molecule has 0 bridgehead atoms. The number of benzene rings is 2. The number of ether oxygens (including phenoxy) is 1. The highest BCUT2D eigenvalue weighted by Gasteiger charge is 2.24. The second-order valence-corrected chi connectivity index (χ2v) is 9.78. The van der Waals surface area contributed by atoms with Gasteiger partial charge in [0.05, 0.1) is 0 Å². The molecule has 0 saturated heterocycles. The lowest BCUT2D eigenvalue weighted by Crippen LogP contribution is -2.06. The van der Waals surface area contributed by atoms with Crippen LogP contribution < -0.4 is 4.74 Å². The van der Waals surface area contributed by atoms with E-state index in [1.807, 2.05) is 6.07 Å². The van der Waals surface area contributed by atoms with Crippen molar-refractivity contribution in [2.45, 2.75) is 95.3 Å². The number of phenols is 1. The molecule has 2 N–H and O–H groups in total. The van der Waals surface area contributed by atoms with E-state index in [1.165, 1.54) is 69.9 Å². The Morgan fingerprint density at radius 3 is 1.81 bits per heavy atom. The number of hydrogen-bond donors (Lipinski definition) is 2. The predicted molar refractivity (Wildman–Crippen MR) is 129 cm³/mol. The molecule has 0 fully saturated rings. The van der Waals surface area contributed by atoms with Gasteiger partial charge in [-0.05, 0) is 37.1 Å². The second-order valence-electron chi connectivity index (χ2n) is 8.42. The van der Waals surface area contributed by atoms with Crippen LogP contribution in [0.5, 0.6) is 17.2 Å². The summed E-state index contributed by atoms with van der Waals surface area (Å²) in [7, 11) is -4.56. The fraction of sp³-hybridized carbons (Fsp3) is 0.538. The third-order valence-electron chi connectivity index (χ3n) is 5.71. The molecule has 2 rings (SSSR count). The lowest BCUT2D eigenvalue weighted by Gasteiger charge is -2.15. The maximum Gasteiger partial charge on any atom is 0.298 e. The molecule has 0 atom stereocenters. The van der Waals surface area contributed by atoms with E-state index in [1.54, 1.807) is 24.3 Å². The van der Waals surface area contributed by atoms with Crippen molar-refractivity contribution in [1.82, 2.24) is 0 Å². The lowest BCUT2D eigenvalue weighted by atomic mass is 10.0. The first-order valence-electron chi connectivity index (χ1n) is 12.0. The van der Waals surface area contributed by atoms with Crippen LogP contribution >= 0.6 is 0 Å². The zero-order valence-electron chi connectivity index (χ0n) is 19.3. The molecule has 0 aromatic heterocycles. The largest absolute Gasteiger partial charge is 0.508 e. The minimum atomic E-state index is -4.56. The van der Waals surface area contributed by atoms with E-state index < -0.39 is 10.1 Å². The van der Waals surface area contributed by atoms with Crippen molar-refractivity contribution in [3.05, 3.63) is 48.0 Å². The summed E-state index contributed by atoms with van der Waals surface area (Å²) in [5, 5.41) is 10.3. The molecular weight excluding hydrogens is 424 g/mol. The van der Waals surface area contributed by atoms with Gasteiger partial charge >= 0.3 is 0 Å². The smallest absolute Gasteiger partial charge is 0.298 e. The molecule has 0 heterocycles.